The molecule has 1 rings (SSSR count). The van der Waals surface area contributed by atoms with Crippen molar-refractivity contribution in [2.75, 3.05) is 5.73 Å². The Morgan fingerprint density at radius 3 is 2.62 bits per heavy atom. The maximum atomic E-state index is 5.34. The zero-order chi connectivity index (χ0) is 5.98. The van der Waals surface area contributed by atoms with E-state index < -0.39 is 0 Å². The lowest BCUT2D eigenvalue weighted by Gasteiger charge is -1.89. The first kappa shape index (κ1) is 5.09. The van der Waals surface area contributed by atoms with Crippen LogP contribution in [0.2, 0.25) is 0 Å². The summed E-state index contributed by atoms with van der Waals surface area (Å²) in [4.78, 5) is 3.84. The van der Waals surface area contributed by atoms with Crippen LogP contribution in [0.15, 0.2) is 18.3 Å². The summed E-state index contributed by atoms with van der Waals surface area (Å²) >= 11 is 0. The number of nitrogen functional groups attached to an aromatic ring is 1. The van der Waals surface area contributed by atoms with Gasteiger partial charge in [-0.05, 0) is 19.1 Å². The zero-order valence-electron chi connectivity index (χ0n) is 4.46. The molecule has 0 aliphatic carbocycles. The van der Waals surface area contributed by atoms with Gasteiger partial charge >= 0.3 is 0 Å². The highest BCUT2D eigenvalue weighted by Gasteiger charge is 1.81. The van der Waals surface area contributed by atoms with Crippen LogP contribution >= 0.6 is 0 Å². The number of nitrogens with two attached hydrogens (primary N) is 1. The summed E-state index contributed by atoms with van der Waals surface area (Å²) in [6, 6.07) is 3.55. The predicted octanol–water partition coefficient (Wildman–Crippen LogP) is 0.846. The van der Waals surface area contributed by atoms with Crippen LogP contribution in [-0.4, -0.2) is 4.98 Å². The van der Waals surface area contributed by atoms with Crippen LogP contribution in [0.3, 0.4) is 0 Å². The van der Waals surface area contributed by atoms with Gasteiger partial charge in [0, 0.05) is 5.69 Å². The summed E-state index contributed by atoms with van der Waals surface area (Å²) in [5.74, 6) is 0. The van der Waals surface area contributed by atoms with Crippen LogP contribution in [0.5, 0.6) is 0 Å². The molecule has 1 heterocycles. The second kappa shape index (κ2) is 1.82. The minimum Gasteiger partial charge on any atom is -0.397 e. The fourth-order valence-electron chi connectivity index (χ4n) is 0.436. The Hall–Kier alpha value is -1.05. The molecule has 0 spiro atoms. The maximum absolute atomic E-state index is 5.34. The van der Waals surface area contributed by atoms with Gasteiger partial charge in [-0.3, -0.25) is 4.98 Å². The summed E-state index contributed by atoms with van der Waals surface area (Å²) in [6.45, 7) is 3.60. The van der Waals surface area contributed by atoms with E-state index in [4.69, 9.17) is 5.73 Å². The van der Waals surface area contributed by atoms with E-state index in [2.05, 4.69) is 11.9 Å². The number of pyridine rings is 1. The number of hydrogen-bond donors (Lipinski definition) is 1. The van der Waals surface area contributed by atoms with Crippen molar-refractivity contribution in [3.63, 3.8) is 0 Å². The summed E-state index contributed by atoms with van der Waals surface area (Å²) in [5, 5.41) is 0. The predicted molar refractivity (Wildman–Crippen MR) is 33.1 cm³/mol. The molecular weight excluding hydrogens is 100 g/mol. The van der Waals surface area contributed by atoms with Gasteiger partial charge in [0.1, 0.15) is 0 Å². The Balaban J connectivity index is 3.03. The largest absolute Gasteiger partial charge is 0.397 e. The standard InChI is InChI=1S/C6H7N2/c1-5-2-3-6(7)4-8-5/h2-4H,1,7H2. The Labute approximate surface area is 48.4 Å². The summed E-state index contributed by atoms with van der Waals surface area (Å²) in [6.07, 6.45) is 1.59. The van der Waals surface area contributed by atoms with E-state index in [0.717, 1.165) is 5.69 Å². The van der Waals surface area contributed by atoms with Gasteiger partial charge < -0.3 is 5.73 Å². The number of aromatic nitrogens is 1. The van der Waals surface area contributed by atoms with Crippen LogP contribution < -0.4 is 5.73 Å². The molecule has 0 aliphatic rings. The van der Waals surface area contributed by atoms with Crippen molar-refractivity contribution >= 4 is 5.69 Å². The number of nitrogens with zero attached hydrogens (tertiary/aromatic N) is 1. The van der Waals surface area contributed by atoms with E-state index in [9.17, 15) is 0 Å². The summed E-state index contributed by atoms with van der Waals surface area (Å²) in [7, 11) is 0. The maximum Gasteiger partial charge on any atom is 0.0501 e. The molecular formula is C6H7N2. The van der Waals surface area contributed by atoms with Gasteiger partial charge in [-0.2, -0.15) is 0 Å². The minimum atomic E-state index is 0.678. The fourth-order valence-corrected chi connectivity index (χ4v) is 0.436. The average Bonchev–Trinajstić information content (AvgIpc) is 1.77. The SMILES string of the molecule is [CH2]c1ccc(N)cn1. The molecule has 2 N–H and O–H groups in total. The number of anilines is 1. The van der Waals surface area contributed by atoms with Crippen LogP contribution in [0.25, 0.3) is 0 Å². The molecule has 0 unspecified atom stereocenters. The van der Waals surface area contributed by atoms with Crippen molar-refractivity contribution in [3.8, 4) is 0 Å². The molecule has 0 amide bonds. The van der Waals surface area contributed by atoms with E-state index >= 15 is 0 Å². The van der Waals surface area contributed by atoms with E-state index in [1.807, 2.05) is 0 Å². The van der Waals surface area contributed by atoms with Crippen LogP contribution in [-0.2, 0) is 0 Å². The third-order valence-corrected chi connectivity index (χ3v) is 0.848. The highest BCUT2D eigenvalue weighted by atomic mass is 14.7. The lowest BCUT2D eigenvalue weighted by molar-refractivity contribution is 1.27. The van der Waals surface area contributed by atoms with Gasteiger partial charge in [-0.25, -0.2) is 0 Å². The van der Waals surface area contributed by atoms with E-state index in [1.54, 1.807) is 18.3 Å². The van der Waals surface area contributed by atoms with Gasteiger partial charge in [0.25, 0.3) is 0 Å². The first-order valence-corrected chi connectivity index (χ1v) is 2.32. The van der Waals surface area contributed by atoms with Crippen molar-refractivity contribution < 1.29 is 0 Å². The molecule has 0 aliphatic heterocycles. The van der Waals surface area contributed by atoms with E-state index in [-0.39, 0.29) is 0 Å². The van der Waals surface area contributed by atoms with Crippen LogP contribution in [0, 0.1) is 6.92 Å². The van der Waals surface area contributed by atoms with Crippen molar-refractivity contribution in [2.45, 2.75) is 0 Å². The van der Waals surface area contributed by atoms with Gasteiger partial charge in [0.15, 0.2) is 0 Å². The van der Waals surface area contributed by atoms with Gasteiger partial charge in [-0.1, -0.05) is 0 Å². The van der Waals surface area contributed by atoms with E-state index in [1.165, 1.54) is 0 Å². The fraction of sp³-hybridized carbons (Fsp3) is 0. The lowest BCUT2D eigenvalue weighted by Crippen LogP contribution is -1.85. The Morgan fingerprint density at radius 1 is 1.50 bits per heavy atom. The second-order valence-corrected chi connectivity index (χ2v) is 1.58. The monoisotopic (exact) mass is 107 g/mol. The number of rotatable bonds is 0. The molecule has 1 aromatic rings. The van der Waals surface area contributed by atoms with Gasteiger partial charge in [0.05, 0.1) is 11.9 Å². The molecule has 1 radical (unpaired) electrons. The molecule has 0 saturated heterocycles. The lowest BCUT2D eigenvalue weighted by atomic mass is 10.4. The Kier molecular flexibility index (Phi) is 1.16. The highest BCUT2D eigenvalue weighted by Crippen LogP contribution is 1.97. The van der Waals surface area contributed by atoms with Crippen molar-refractivity contribution in [1.82, 2.24) is 4.98 Å². The third kappa shape index (κ3) is 0.964. The first-order valence-electron chi connectivity index (χ1n) is 2.32. The smallest absolute Gasteiger partial charge is 0.0501 e. The molecule has 1 aromatic heterocycles. The van der Waals surface area contributed by atoms with E-state index in [0.29, 0.717) is 5.69 Å². The highest BCUT2D eigenvalue weighted by molar-refractivity contribution is 5.34. The molecule has 0 bridgehead atoms. The number of hydrogen-bond acceptors (Lipinski definition) is 2. The molecule has 0 aromatic carbocycles. The molecule has 2 nitrogen and oxygen atoms in total. The molecule has 0 fully saturated rings. The van der Waals surface area contributed by atoms with Crippen molar-refractivity contribution in [2.24, 2.45) is 0 Å². The van der Waals surface area contributed by atoms with Gasteiger partial charge in [-0.15, -0.1) is 0 Å². The Bertz CT molecular complexity index is 145. The summed E-state index contributed by atoms with van der Waals surface area (Å²) in [5.41, 5.74) is 6.76. The molecule has 41 valence electrons. The van der Waals surface area contributed by atoms with Crippen LogP contribution in [0.1, 0.15) is 5.69 Å². The molecule has 2 heteroatoms. The first-order chi connectivity index (χ1) is 3.79. The van der Waals surface area contributed by atoms with Crippen molar-refractivity contribution in [3.05, 3.63) is 30.9 Å². The normalized spacial score (nSPS) is 9.12. The van der Waals surface area contributed by atoms with Crippen LogP contribution in [0.4, 0.5) is 5.69 Å². The zero-order valence-corrected chi connectivity index (χ0v) is 4.46. The third-order valence-electron chi connectivity index (χ3n) is 0.848. The minimum absolute atomic E-state index is 0.678. The molecule has 0 atom stereocenters. The molecule has 0 saturated carbocycles. The summed E-state index contributed by atoms with van der Waals surface area (Å²) < 4.78 is 0. The average molecular weight is 107 g/mol. The second-order valence-electron chi connectivity index (χ2n) is 1.58. The quantitative estimate of drug-likeness (QED) is 0.533. The van der Waals surface area contributed by atoms with Gasteiger partial charge in [0.2, 0.25) is 0 Å². The Morgan fingerprint density at radius 2 is 2.25 bits per heavy atom. The topological polar surface area (TPSA) is 38.9 Å². The molecule has 8 heavy (non-hydrogen) atoms. The van der Waals surface area contributed by atoms with Crippen molar-refractivity contribution in [1.29, 1.82) is 0 Å².